The quantitative estimate of drug-likeness (QED) is 0.00595. The Hall–Kier alpha value is -12.9. The van der Waals surface area contributed by atoms with Gasteiger partial charge >= 0.3 is 48.5 Å². The lowest BCUT2D eigenvalue weighted by Crippen LogP contribution is -2.43. The summed E-state index contributed by atoms with van der Waals surface area (Å²) in [6.45, 7) is 43.3. The molecule has 10 N–H and O–H groups in total. The van der Waals surface area contributed by atoms with E-state index >= 15 is 0 Å². The third-order valence-electron chi connectivity index (χ3n) is 15.2. The molecule has 0 saturated carbocycles. The standard InChI is InChI=1S/C21H23N5O4S.C19H29N3O5S.C16H24N2O5S.C14H21N3O3S.C10H13N3O2.C6H8N2OS.C5H13NO2/c1-12-16(31-19(24-12)26-20(29)30-21(2,3)4)15-9-10-22-18(25-15)23-11-13-5-7-14(8-6-13)17(27)28;1-12-14(13(23)10-11-21(8)9)28-15(20-12)22(16(24)26-18(2,3)4)17(25)27-19(5,6)7;1-9-11(10(2)19)24-12(17-9)18(13(20)22-15(3,4)5)14(21)23-16(6,7)8;1-9-11(10(18)7-8-17(5)6)21-12(15-9)16-13(19)20-14(2,3)4;1-15-9(14)8-4-2-7(3-5-8)6-13-10(11)12;1-3-5(4(2)9)10-6(7)8-3;1-6(2)5(7-3)8-4/h5-10H,11H2,1-4H3,(H,27,28)(H,22,23,25)(H,24,26,29);10-11H,1-9H3;1-8H3;7-8H,1-6H3,(H,15,16,19);2-5H,6H2,1H3,(H4,11,12,13);1-2H3,(H2,7,8);5H,1-4H3/b;11-10+;;8-7+;;;. The molecule has 8 aromatic rings. The summed E-state index contributed by atoms with van der Waals surface area (Å²) in [6, 6.07) is 15.2. The number of carboxylic acid groups (broad SMARTS) is 1. The third kappa shape index (κ3) is 46.5. The van der Waals surface area contributed by atoms with Crippen molar-refractivity contribution in [1.29, 1.82) is 0 Å². The molecule has 0 saturated heterocycles. The van der Waals surface area contributed by atoms with Gasteiger partial charge in [0.1, 0.15) is 33.6 Å². The first-order valence-electron chi connectivity index (χ1n) is 41.8. The van der Waals surface area contributed by atoms with Crippen LogP contribution in [0.15, 0.2) is 90.3 Å². The molecule has 0 spiro atoms. The Labute approximate surface area is 819 Å². The Morgan fingerprint density at radius 3 is 1.17 bits per heavy atom. The topological polar surface area (TPSA) is 541 Å². The highest BCUT2D eigenvalue weighted by Gasteiger charge is 2.38. The van der Waals surface area contributed by atoms with Crippen LogP contribution in [0.3, 0.4) is 0 Å². The van der Waals surface area contributed by atoms with Gasteiger partial charge in [-0.1, -0.05) is 80.9 Å². The van der Waals surface area contributed by atoms with Gasteiger partial charge in [-0.3, -0.25) is 34.7 Å². The Balaban J connectivity index is 0.000000560. The fourth-order valence-electron chi connectivity index (χ4n) is 9.76. The molecule has 0 unspecified atom stereocenters. The molecule has 0 bridgehead atoms. The minimum atomic E-state index is -0.962. The predicted molar refractivity (Wildman–Crippen MR) is 533 cm³/mol. The van der Waals surface area contributed by atoms with Crippen LogP contribution in [0.25, 0.3) is 10.6 Å². The second kappa shape index (κ2) is 54.2. The van der Waals surface area contributed by atoms with Gasteiger partial charge in [0.2, 0.25) is 22.6 Å². The van der Waals surface area contributed by atoms with E-state index in [1.54, 1.807) is 264 Å². The summed E-state index contributed by atoms with van der Waals surface area (Å²) in [5.41, 5.74) is 17.5. The number of rotatable bonds is 23. The van der Waals surface area contributed by atoms with E-state index in [1.165, 1.54) is 55.8 Å². The maximum absolute atomic E-state index is 12.7. The van der Waals surface area contributed by atoms with Crippen LogP contribution in [0.1, 0.15) is 237 Å². The van der Waals surface area contributed by atoms with Gasteiger partial charge in [0.05, 0.1) is 83.3 Å². The normalized spacial score (nSPS) is 11.2. The number of aryl methyl sites for hydroxylation is 5. The van der Waals surface area contributed by atoms with Gasteiger partial charge in [-0.05, 0) is 215 Å². The predicted octanol–water partition coefficient (Wildman–Crippen LogP) is 17.9. The number of ether oxygens (including phenoxy) is 9. The smallest absolute Gasteiger partial charge is 0.426 e. The number of thiazole rings is 5. The van der Waals surface area contributed by atoms with Crippen LogP contribution in [0.5, 0.6) is 0 Å². The minimum absolute atomic E-state index is 0.0163. The number of benzene rings is 2. The van der Waals surface area contributed by atoms with Crippen molar-refractivity contribution in [2.24, 2.45) is 16.5 Å². The number of imide groups is 2. The first-order valence-corrected chi connectivity index (χ1v) is 45.8. The van der Waals surface area contributed by atoms with Crippen LogP contribution in [-0.4, -0.2) is 236 Å². The number of hydrogen-bond donors (Lipinski definition) is 7. The molecule has 137 heavy (non-hydrogen) atoms. The summed E-state index contributed by atoms with van der Waals surface area (Å²) in [5, 5.41) is 18.6. The van der Waals surface area contributed by atoms with Crippen LogP contribution in [0.4, 0.5) is 60.4 Å². The molecular formula is C91H131N19O22S5. The summed E-state index contributed by atoms with van der Waals surface area (Å²) in [7, 11) is 15.6. The van der Waals surface area contributed by atoms with E-state index in [4.69, 9.17) is 60.2 Å². The Kier molecular flexibility index (Phi) is 47.5. The number of nitrogens with one attached hydrogen (secondary N) is 3. The number of hydrogen-bond acceptors (Lipinski definition) is 39. The number of allylic oxidation sites excluding steroid dienone is 2. The molecule has 8 rings (SSSR count). The van der Waals surface area contributed by atoms with Crippen molar-refractivity contribution < 1.29 is 105 Å². The lowest BCUT2D eigenvalue weighted by Gasteiger charge is -2.27. The van der Waals surface area contributed by atoms with Gasteiger partial charge in [-0.2, -0.15) is 9.80 Å². The van der Waals surface area contributed by atoms with Crippen molar-refractivity contribution >= 4 is 166 Å². The van der Waals surface area contributed by atoms with Gasteiger partial charge < -0.3 is 80.1 Å². The first-order chi connectivity index (χ1) is 63.0. The van der Waals surface area contributed by atoms with Crippen LogP contribution in [0.2, 0.25) is 0 Å². The van der Waals surface area contributed by atoms with E-state index in [9.17, 15) is 57.5 Å². The Bertz CT molecular complexity index is 5440. The zero-order valence-corrected chi connectivity index (χ0v) is 88.3. The number of nitrogen functional groups attached to an aromatic ring is 1. The van der Waals surface area contributed by atoms with E-state index in [1.807, 2.05) is 40.0 Å². The minimum Gasteiger partial charge on any atom is -0.478 e. The highest BCUT2D eigenvalue weighted by Crippen LogP contribution is 2.35. The lowest BCUT2D eigenvalue weighted by molar-refractivity contribution is -0.179. The molecule has 46 heteroatoms. The number of carboxylic acids is 1. The third-order valence-corrected chi connectivity index (χ3v) is 20.9. The molecule has 6 aromatic heterocycles. The number of nitrogens with zero attached hydrogens (tertiary/aromatic N) is 13. The molecule has 6 heterocycles. The lowest BCUT2D eigenvalue weighted by atomic mass is 10.1. The SMILES string of the molecule is CC(=O)c1sc(N(C(=O)OC(C)(C)C)C(=O)OC(C)(C)C)nc1C.CC(=O)c1sc(N)nc1C.COC(=O)c1ccc(CN=C(N)N)cc1.COC(OC)N(C)C.Cc1nc(N(C(=O)OC(C)(C)C)C(=O)OC(C)(C)C)sc1C(=O)/C=C/N(C)C.Cc1nc(NC(=O)OC(C)(C)C)sc1-c1ccnc(NCc2ccc(C(=O)O)cc2)n1.Cc1nc(NC(=O)OC(C)(C)C)sc1C(=O)/C=C/N(C)C. The molecule has 0 radical (unpaired) electrons. The number of nitrogens with two attached hydrogens (primary N) is 3. The highest BCUT2D eigenvalue weighted by molar-refractivity contribution is 7.19. The van der Waals surface area contributed by atoms with Gasteiger partial charge in [0.15, 0.2) is 44.5 Å². The largest absolute Gasteiger partial charge is 0.478 e. The molecular weight excluding hydrogens is 1870 g/mol. The Morgan fingerprint density at radius 1 is 0.460 bits per heavy atom. The number of amides is 6. The number of ketones is 4. The number of carbonyl (C=O) groups excluding carboxylic acids is 11. The molecule has 0 aliphatic heterocycles. The molecule has 6 amide bonds. The first kappa shape index (κ1) is 120. The number of guanidine groups is 1. The molecule has 41 nitrogen and oxygen atoms in total. The summed E-state index contributed by atoms with van der Waals surface area (Å²) < 4.78 is 45.9. The summed E-state index contributed by atoms with van der Waals surface area (Å²) >= 11 is 5.55. The van der Waals surface area contributed by atoms with E-state index in [2.05, 4.69) is 60.6 Å². The van der Waals surface area contributed by atoms with Crippen molar-refractivity contribution in [3.8, 4) is 10.6 Å². The second-order valence-corrected chi connectivity index (χ2v) is 40.7. The number of aromatic carboxylic acids is 1. The zero-order chi connectivity index (χ0) is 105. The second-order valence-electron chi connectivity index (χ2n) is 35.7. The van der Waals surface area contributed by atoms with E-state index in [-0.39, 0.29) is 57.3 Å². The monoisotopic (exact) mass is 2000 g/mol. The maximum Gasteiger partial charge on any atom is 0.426 e. The van der Waals surface area contributed by atoms with E-state index < -0.39 is 76.1 Å². The van der Waals surface area contributed by atoms with Crippen molar-refractivity contribution in [2.75, 3.05) is 95.1 Å². The highest BCUT2D eigenvalue weighted by atomic mass is 32.1. The van der Waals surface area contributed by atoms with Gasteiger partial charge in [-0.25, -0.2) is 78.2 Å². The van der Waals surface area contributed by atoms with E-state index in [0.29, 0.717) is 82.3 Å². The van der Waals surface area contributed by atoms with Gasteiger partial charge in [0, 0.05) is 93.6 Å². The number of carbonyl (C=O) groups is 12. The number of anilines is 6. The van der Waals surface area contributed by atoms with Crippen molar-refractivity contribution in [3.63, 3.8) is 0 Å². The molecule has 2 aromatic carbocycles. The van der Waals surface area contributed by atoms with Crippen molar-refractivity contribution in [1.82, 2.24) is 49.6 Å². The van der Waals surface area contributed by atoms with Gasteiger partial charge in [0.25, 0.3) is 0 Å². The number of aromatic nitrogens is 7. The fraction of sp³-hybridized carbons (Fsp3) is 0.473. The van der Waals surface area contributed by atoms with Crippen LogP contribution in [0, 0.1) is 34.6 Å². The number of aliphatic imine (C=N–C) groups is 1. The molecule has 0 fully saturated rings. The summed E-state index contributed by atoms with van der Waals surface area (Å²) in [6.07, 6.45) is 2.79. The molecule has 0 aliphatic rings. The van der Waals surface area contributed by atoms with Gasteiger partial charge in [-0.15, -0.1) is 0 Å². The van der Waals surface area contributed by atoms with Crippen molar-refractivity contribution in [3.05, 3.63) is 156 Å². The number of Topliss-reactive ketones (excluding diaryl/α,β-unsaturated/α-hetero) is 2. The average molecular weight is 2000 g/mol. The number of esters is 1. The van der Waals surface area contributed by atoms with Crippen LogP contribution < -0.4 is 43.0 Å². The fourth-order valence-corrected chi connectivity index (χ4v) is 14.2. The average Bonchev–Trinajstić information content (AvgIpc) is 1.46. The summed E-state index contributed by atoms with van der Waals surface area (Å²) in [4.78, 5) is 186. The maximum atomic E-state index is 12.7. The molecule has 0 aliphatic carbocycles. The zero-order valence-electron chi connectivity index (χ0n) is 84.2. The molecule has 0 atom stereocenters. The number of methoxy groups -OCH3 is 3. The van der Waals surface area contributed by atoms with E-state index in [0.717, 1.165) is 71.2 Å². The van der Waals surface area contributed by atoms with Crippen LogP contribution >= 0.6 is 56.7 Å². The summed E-state index contributed by atoms with van der Waals surface area (Å²) in [5.74, 6) is -1.42. The van der Waals surface area contributed by atoms with Crippen LogP contribution in [-0.2, 0) is 55.7 Å². The Morgan fingerprint density at radius 2 is 0.825 bits per heavy atom. The van der Waals surface area contributed by atoms with Crippen molar-refractivity contribution in [2.45, 2.75) is 226 Å². The molecule has 752 valence electrons.